The number of rotatable bonds is 7. The monoisotopic (exact) mass is 272 g/mol. The van der Waals surface area contributed by atoms with Crippen molar-refractivity contribution in [2.75, 3.05) is 13.1 Å². The molecule has 2 rings (SSSR count). The van der Waals surface area contributed by atoms with Crippen molar-refractivity contribution in [2.45, 2.75) is 18.8 Å². The third kappa shape index (κ3) is 3.93. The van der Waals surface area contributed by atoms with E-state index >= 15 is 0 Å². The molecule has 1 unspecified atom stereocenters. The van der Waals surface area contributed by atoms with Gasteiger partial charge in [-0.25, -0.2) is 4.98 Å². The molecule has 1 heterocycles. The molecule has 5 heteroatoms. The minimum absolute atomic E-state index is 0.0156. The predicted octanol–water partition coefficient (Wildman–Crippen LogP) is 1.20. The van der Waals surface area contributed by atoms with E-state index in [1.165, 1.54) is 0 Å². The minimum atomic E-state index is -0.278. The molecule has 4 N–H and O–H groups in total. The molecule has 0 spiro atoms. The number of aryl methyl sites for hydroxylation is 1. The van der Waals surface area contributed by atoms with Crippen LogP contribution in [-0.4, -0.2) is 29.0 Å². The fraction of sp³-hybridized carbons (Fsp3) is 0.333. The standard InChI is InChI=1S/C15H20N4O/c16-11-13(12-5-2-1-3-6-12)15(20)19-8-4-7-14-17-9-10-18-14/h1-3,5-6,9-10,13H,4,7-8,11,16H2,(H,17,18)(H,19,20). The molecule has 1 aromatic carbocycles. The fourth-order valence-corrected chi connectivity index (χ4v) is 2.11. The van der Waals surface area contributed by atoms with Crippen LogP contribution in [0.4, 0.5) is 0 Å². The first-order chi connectivity index (χ1) is 9.81. The first-order valence-corrected chi connectivity index (χ1v) is 6.82. The second-order valence-electron chi connectivity index (χ2n) is 4.63. The van der Waals surface area contributed by atoms with E-state index in [1.54, 1.807) is 12.4 Å². The van der Waals surface area contributed by atoms with Crippen LogP contribution in [0.15, 0.2) is 42.7 Å². The van der Waals surface area contributed by atoms with Gasteiger partial charge >= 0.3 is 0 Å². The molecule has 0 aliphatic rings. The van der Waals surface area contributed by atoms with Gasteiger partial charge in [0.2, 0.25) is 5.91 Å². The summed E-state index contributed by atoms with van der Waals surface area (Å²) in [6.07, 6.45) is 5.21. The van der Waals surface area contributed by atoms with E-state index in [2.05, 4.69) is 15.3 Å². The SMILES string of the molecule is NCC(C(=O)NCCCc1ncc[nH]1)c1ccccc1. The van der Waals surface area contributed by atoms with Crippen LogP contribution in [0, 0.1) is 0 Å². The summed E-state index contributed by atoms with van der Waals surface area (Å²) in [4.78, 5) is 19.3. The summed E-state index contributed by atoms with van der Waals surface area (Å²) in [6.45, 7) is 0.941. The summed E-state index contributed by atoms with van der Waals surface area (Å²) >= 11 is 0. The number of imidazole rings is 1. The fourth-order valence-electron chi connectivity index (χ4n) is 2.11. The Kier molecular flexibility index (Phi) is 5.32. The normalized spacial score (nSPS) is 12.1. The maximum atomic E-state index is 12.1. The molecular formula is C15H20N4O. The molecule has 1 aromatic heterocycles. The van der Waals surface area contributed by atoms with E-state index in [1.807, 2.05) is 30.3 Å². The highest BCUT2D eigenvalue weighted by molar-refractivity contribution is 5.83. The van der Waals surface area contributed by atoms with Gasteiger partial charge in [-0.1, -0.05) is 30.3 Å². The molecule has 106 valence electrons. The number of aromatic nitrogens is 2. The van der Waals surface area contributed by atoms with E-state index in [4.69, 9.17) is 5.73 Å². The van der Waals surface area contributed by atoms with Crippen LogP contribution in [-0.2, 0) is 11.2 Å². The molecular weight excluding hydrogens is 252 g/mol. The lowest BCUT2D eigenvalue weighted by molar-refractivity contribution is -0.122. The van der Waals surface area contributed by atoms with Gasteiger partial charge in [-0.3, -0.25) is 4.79 Å². The molecule has 20 heavy (non-hydrogen) atoms. The van der Waals surface area contributed by atoms with Crippen molar-refractivity contribution < 1.29 is 4.79 Å². The maximum Gasteiger partial charge on any atom is 0.228 e. The van der Waals surface area contributed by atoms with Gasteiger partial charge in [0.25, 0.3) is 0 Å². The Morgan fingerprint density at radius 1 is 1.35 bits per heavy atom. The van der Waals surface area contributed by atoms with Crippen molar-refractivity contribution >= 4 is 5.91 Å². The summed E-state index contributed by atoms with van der Waals surface area (Å²) in [6, 6.07) is 9.63. The van der Waals surface area contributed by atoms with Crippen LogP contribution in [0.1, 0.15) is 23.7 Å². The number of hydrogen-bond donors (Lipinski definition) is 3. The van der Waals surface area contributed by atoms with Crippen molar-refractivity contribution in [2.24, 2.45) is 5.73 Å². The average molecular weight is 272 g/mol. The zero-order valence-electron chi connectivity index (χ0n) is 11.4. The van der Waals surface area contributed by atoms with Gasteiger partial charge in [0, 0.05) is 31.9 Å². The first kappa shape index (κ1) is 14.3. The van der Waals surface area contributed by atoms with Gasteiger partial charge in [0.1, 0.15) is 5.82 Å². The highest BCUT2D eigenvalue weighted by Crippen LogP contribution is 2.13. The number of benzene rings is 1. The van der Waals surface area contributed by atoms with Crippen LogP contribution < -0.4 is 11.1 Å². The van der Waals surface area contributed by atoms with E-state index in [9.17, 15) is 4.79 Å². The Hall–Kier alpha value is -2.14. The maximum absolute atomic E-state index is 12.1. The number of hydrogen-bond acceptors (Lipinski definition) is 3. The summed E-state index contributed by atoms with van der Waals surface area (Å²) in [5, 5.41) is 2.93. The second-order valence-corrected chi connectivity index (χ2v) is 4.63. The molecule has 0 saturated carbocycles. The average Bonchev–Trinajstić information content (AvgIpc) is 2.99. The summed E-state index contributed by atoms with van der Waals surface area (Å²) in [7, 11) is 0. The molecule has 1 atom stereocenters. The number of carbonyl (C=O) groups excluding carboxylic acids is 1. The second kappa shape index (κ2) is 7.45. The molecule has 0 fully saturated rings. The van der Waals surface area contributed by atoms with Gasteiger partial charge < -0.3 is 16.0 Å². The lowest BCUT2D eigenvalue weighted by Gasteiger charge is -2.15. The molecule has 5 nitrogen and oxygen atoms in total. The highest BCUT2D eigenvalue weighted by Gasteiger charge is 2.17. The molecule has 0 aliphatic heterocycles. The Morgan fingerprint density at radius 3 is 2.80 bits per heavy atom. The Bertz CT molecular complexity index is 510. The van der Waals surface area contributed by atoms with Crippen LogP contribution in [0.2, 0.25) is 0 Å². The Balaban J connectivity index is 1.78. The van der Waals surface area contributed by atoms with Crippen molar-refractivity contribution in [3.8, 4) is 0 Å². The van der Waals surface area contributed by atoms with E-state index in [-0.39, 0.29) is 11.8 Å². The van der Waals surface area contributed by atoms with Crippen molar-refractivity contribution in [3.05, 3.63) is 54.1 Å². The van der Waals surface area contributed by atoms with Crippen LogP contribution in [0.3, 0.4) is 0 Å². The Morgan fingerprint density at radius 2 is 2.15 bits per heavy atom. The number of carbonyl (C=O) groups is 1. The summed E-state index contributed by atoms with van der Waals surface area (Å²) in [5.74, 6) is 0.649. The van der Waals surface area contributed by atoms with Crippen LogP contribution in [0.25, 0.3) is 0 Å². The van der Waals surface area contributed by atoms with Crippen molar-refractivity contribution in [1.82, 2.24) is 15.3 Å². The van der Waals surface area contributed by atoms with Crippen molar-refractivity contribution in [1.29, 1.82) is 0 Å². The van der Waals surface area contributed by atoms with E-state index in [0.717, 1.165) is 24.2 Å². The quantitative estimate of drug-likeness (QED) is 0.662. The first-order valence-electron chi connectivity index (χ1n) is 6.82. The molecule has 0 bridgehead atoms. The number of amides is 1. The highest BCUT2D eigenvalue weighted by atomic mass is 16.1. The third-order valence-corrected chi connectivity index (χ3v) is 3.20. The number of aromatic amines is 1. The summed E-state index contributed by atoms with van der Waals surface area (Å²) < 4.78 is 0. The van der Waals surface area contributed by atoms with Crippen molar-refractivity contribution in [3.63, 3.8) is 0 Å². The molecule has 1 amide bonds. The van der Waals surface area contributed by atoms with Gasteiger partial charge in [0.15, 0.2) is 0 Å². The number of nitrogens with two attached hydrogens (primary N) is 1. The number of nitrogens with zero attached hydrogens (tertiary/aromatic N) is 1. The molecule has 0 saturated heterocycles. The minimum Gasteiger partial charge on any atom is -0.356 e. The molecule has 2 aromatic rings. The Labute approximate surface area is 118 Å². The summed E-state index contributed by atoms with van der Waals surface area (Å²) in [5.41, 5.74) is 6.67. The third-order valence-electron chi connectivity index (χ3n) is 3.20. The van der Waals surface area contributed by atoms with Gasteiger partial charge in [-0.2, -0.15) is 0 Å². The lowest BCUT2D eigenvalue weighted by Crippen LogP contribution is -2.34. The van der Waals surface area contributed by atoms with Gasteiger partial charge in [-0.05, 0) is 12.0 Å². The van der Waals surface area contributed by atoms with Gasteiger partial charge in [-0.15, -0.1) is 0 Å². The zero-order chi connectivity index (χ0) is 14.2. The zero-order valence-corrected chi connectivity index (χ0v) is 11.4. The molecule has 0 radical (unpaired) electrons. The largest absolute Gasteiger partial charge is 0.356 e. The topological polar surface area (TPSA) is 83.8 Å². The number of H-pyrrole nitrogens is 1. The molecule has 0 aliphatic carbocycles. The van der Waals surface area contributed by atoms with Gasteiger partial charge in [0.05, 0.1) is 5.92 Å². The van der Waals surface area contributed by atoms with E-state index < -0.39 is 0 Å². The predicted molar refractivity (Wildman–Crippen MR) is 78.2 cm³/mol. The lowest BCUT2D eigenvalue weighted by atomic mass is 9.98. The number of nitrogens with one attached hydrogen (secondary N) is 2. The van der Waals surface area contributed by atoms with E-state index in [0.29, 0.717) is 13.1 Å². The smallest absolute Gasteiger partial charge is 0.228 e. The van der Waals surface area contributed by atoms with Crippen LogP contribution in [0.5, 0.6) is 0 Å². The van der Waals surface area contributed by atoms with Crippen LogP contribution >= 0.6 is 0 Å².